The number of carbonyl (C=O) groups is 2. The van der Waals surface area contributed by atoms with Gasteiger partial charge in [-0.05, 0) is 56.7 Å². The maximum absolute atomic E-state index is 12.5. The summed E-state index contributed by atoms with van der Waals surface area (Å²) in [4.78, 5) is 24.2. The second-order valence-electron chi connectivity index (χ2n) is 7.47. The van der Waals surface area contributed by atoms with E-state index in [1.165, 1.54) is 19.2 Å². The van der Waals surface area contributed by atoms with Crippen LogP contribution in [0.4, 0.5) is 0 Å². The lowest BCUT2D eigenvalue weighted by Crippen LogP contribution is -2.48. The molecular weight excluding hydrogens is 398 g/mol. The predicted molar refractivity (Wildman–Crippen MR) is 102 cm³/mol. The lowest BCUT2D eigenvalue weighted by atomic mass is 9.98. The zero-order chi connectivity index (χ0) is 21.2. The van der Waals surface area contributed by atoms with Crippen molar-refractivity contribution in [3.8, 4) is 11.8 Å². The van der Waals surface area contributed by atoms with Gasteiger partial charge < -0.3 is 14.8 Å². The van der Waals surface area contributed by atoms with Crippen LogP contribution in [0.5, 0.6) is 5.75 Å². The molecule has 1 amide bonds. The van der Waals surface area contributed by atoms with E-state index in [4.69, 9.17) is 9.47 Å². The molecular formula is C19H23N3O6S. The third kappa shape index (κ3) is 5.05. The zero-order valence-corrected chi connectivity index (χ0v) is 17.0. The second kappa shape index (κ2) is 8.00. The van der Waals surface area contributed by atoms with Crippen molar-refractivity contribution in [2.24, 2.45) is 5.92 Å². The fourth-order valence-electron chi connectivity index (χ4n) is 2.92. The third-order valence-electron chi connectivity index (χ3n) is 4.95. The number of hydrogen-bond acceptors (Lipinski definition) is 7. The van der Waals surface area contributed by atoms with Crippen LogP contribution in [0.15, 0.2) is 23.1 Å². The van der Waals surface area contributed by atoms with Crippen LogP contribution in [0.2, 0.25) is 0 Å². The standard InChI is InChI=1S/C19H23N3O6S/c1-19(11-20,13-4-5-13)21-17(23)10-28-18(24)12-3-8-15(27-2)16(9-12)29(25,26)22-14-6-7-14/h3,8-9,13-14,22H,4-7,10H2,1-2H3,(H,21,23)/t19-/m1/s1. The fraction of sp³-hybridized carbons (Fsp3) is 0.526. The van der Waals surface area contributed by atoms with Crippen LogP contribution >= 0.6 is 0 Å². The molecule has 2 saturated carbocycles. The summed E-state index contributed by atoms with van der Waals surface area (Å²) >= 11 is 0. The molecule has 156 valence electrons. The Kier molecular flexibility index (Phi) is 5.82. The van der Waals surface area contributed by atoms with Gasteiger partial charge in [-0.1, -0.05) is 0 Å². The van der Waals surface area contributed by atoms with Gasteiger partial charge in [0.2, 0.25) is 10.0 Å². The number of nitriles is 1. The Morgan fingerprint density at radius 2 is 1.97 bits per heavy atom. The maximum atomic E-state index is 12.5. The molecule has 2 fully saturated rings. The molecule has 0 aliphatic heterocycles. The molecule has 0 spiro atoms. The van der Waals surface area contributed by atoms with Gasteiger partial charge >= 0.3 is 5.97 Å². The summed E-state index contributed by atoms with van der Waals surface area (Å²) in [5, 5.41) is 11.9. The summed E-state index contributed by atoms with van der Waals surface area (Å²) < 4.78 is 37.7. The van der Waals surface area contributed by atoms with Crippen molar-refractivity contribution in [1.82, 2.24) is 10.0 Å². The number of carbonyl (C=O) groups excluding carboxylic acids is 2. The number of nitrogens with one attached hydrogen (secondary N) is 2. The van der Waals surface area contributed by atoms with Gasteiger partial charge in [-0.25, -0.2) is 17.9 Å². The van der Waals surface area contributed by atoms with E-state index in [-0.39, 0.29) is 28.2 Å². The van der Waals surface area contributed by atoms with E-state index in [0.717, 1.165) is 31.7 Å². The van der Waals surface area contributed by atoms with Gasteiger partial charge in [0.05, 0.1) is 18.7 Å². The molecule has 1 aromatic rings. The summed E-state index contributed by atoms with van der Waals surface area (Å²) in [6.45, 7) is 1.06. The molecule has 1 atom stereocenters. The molecule has 2 aliphatic carbocycles. The van der Waals surface area contributed by atoms with Gasteiger partial charge in [0.1, 0.15) is 16.2 Å². The number of esters is 1. The van der Waals surface area contributed by atoms with Crippen LogP contribution in [0.25, 0.3) is 0 Å². The van der Waals surface area contributed by atoms with Crippen molar-refractivity contribution >= 4 is 21.9 Å². The summed E-state index contributed by atoms with van der Waals surface area (Å²) in [6.07, 6.45) is 3.26. The van der Waals surface area contributed by atoms with Crippen LogP contribution in [0.3, 0.4) is 0 Å². The van der Waals surface area contributed by atoms with E-state index in [1.54, 1.807) is 6.92 Å². The highest BCUT2D eigenvalue weighted by atomic mass is 32.2. The largest absolute Gasteiger partial charge is 0.495 e. The molecule has 2 aliphatic rings. The van der Waals surface area contributed by atoms with Crippen molar-refractivity contribution in [2.75, 3.05) is 13.7 Å². The normalized spacial score (nSPS) is 18.2. The monoisotopic (exact) mass is 421 g/mol. The summed E-state index contributed by atoms with van der Waals surface area (Å²) in [7, 11) is -2.52. The average Bonchev–Trinajstić information content (AvgIpc) is 3.59. The predicted octanol–water partition coefficient (Wildman–Crippen LogP) is 1.10. The second-order valence-corrected chi connectivity index (χ2v) is 9.16. The van der Waals surface area contributed by atoms with Crippen LogP contribution < -0.4 is 14.8 Å². The van der Waals surface area contributed by atoms with Crippen LogP contribution in [-0.2, 0) is 19.6 Å². The number of nitrogens with zero attached hydrogens (tertiary/aromatic N) is 1. The molecule has 0 unspecified atom stereocenters. The Hall–Kier alpha value is -2.64. The Morgan fingerprint density at radius 3 is 2.52 bits per heavy atom. The van der Waals surface area contributed by atoms with Gasteiger partial charge in [0.25, 0.3) is 5.91 Å². The summed E-state index contributed by atoms with van der Waals surface area (Å²) in [5.74, 6) is -1.25. The minimum absolute atomic E-state index is 0.0278. The molecule has 3 rings (SSSR count). The summed E-state index contributed by atoms with van der Waals surface area (Å²) in [5.41, 5.74) is -1.01. The van der Waals surface area contributed by atoms with Gasteiger partial charge in [-0.3, -0.25) is 4.79 Å². The molecule has 0 bridgehead atoms. The minimum atomic E-state index is -3.86. The number of sulfonamides is 1. The minimum Gasteiger partial charge on any atom is -0.495 e. The first-order valence-corrected chi connectivity index (χ1v) is 10.8. The van der Waals surface area contributed by atoms with E-state index in [9.17, 15) is 23.3 Å². The first-order valence-electron chi connectivity index (χ1n) is 9.28. The Balaban J connectivity index is 1.67. The van der Waals surface area contributed by atoms with Crippen LogP contribution in [0.1, 0.15) is 43.0 Å². The van der Waals surface area contributed by atoms with Crippen LogP contribution in [-0.4, -0.2) is 45.6 Å². The number of benzene rings is 1. The number of amides is 1. The Labute approximate surface area is 169 Å². The number of ether oxygens (including phenoxy) is 2. The molecule has 2 N–H and O–H groups in total. The topological polar surface area (TPSA) is 135 Å². The SMILES string of the molecule is COc1ccc(C(=O)OCC(=O)N[C@](C)(C#N)C2CC2)cc1S(=O)(=O)NC1CC1. The van der Waals surface area contributed by atoms with Gasteiger partial charge in [0.15, 0.2) is 6.61 Å². The van der Waals surface area contributed by atoms with E-state index in [0.29, 0.717) is 0 Å². The summed E-state index contributed by atoms with van der Waals surface area (Å²) in [6, 6.07) is 5.86. The number of rotatable bonds is 9. The van der Waals surface area contributed by atoms with Crippen molar-refractivity contribution < 1.29 is 27.5 Å². The average molecular weight is 421 g/mol. The molecule has 0 heterocycles. The van der Waals surface area contributed by atoms with Crippen molar-refractivity contribution in [2.45, 2.75) is 49.1 Å². The van der Waals surface area contributed by atoms with Gasteiger partial charge in [-0.15, -0.1) is 0 Å². The molecule has 10 heteroatoms. The lowest BCUT2D eigenvalue weighted by Gasteiger charge is -2.22. The van der Waals surface area contributed by atoms with Crippen molar-refractivity contribution in [1.29, 1.82) is 5.26 Å². The van der Waals surface area contributed by atoms with E-state index < -0.39 is 34.0 Å². The highest BCUT2D eigenvalue weighted by Gasteiger charge is 2.43. The quantitative estimate of drug-likeness (QED) is 0.570. The molecule has 1 aromatic carbocycles. The zero-order valence-electron chi connectivity index (χ0n) is 16.2. The van der Waals surface area contributed by atoms with E-state index in [2.05, 4.69) is 16.1 Å². The molecule has 0 saturated heterocycles. The number of hydrogen-bond donors (Lipinski definition) is 2. The third-order valence-corrected chi connectivity index (χ3v) is 6.49. The van der Waals surface area contributed by atoms with Crippen LogP contribution in [0, 0.1) is 17.2 Å². The highest BCUT2D eigenvalue weighted by molar-refractivity contribution is 7.89. The first-order chi connectivity index (χ1) is 13.7. The maximum Gasteiger partial charge on any atom is 0.338 e. The van der Waals surface area contributed by atoms with Gasteiger partial charge in [-0.2, -0.15) is 5.26 Å². The van der Waals surface area contributed by atoms with Crippen molar-refractivity contribution in [3.05, 3.63) is 23.8 Å². The fourth-order valence-corrected chi connectivity index (χ4v) is 4.42. The molecule has 29 heavy (non-hydrogen) atoms. The Morgan fingerprint density at radius 1 is 1.28 bits per heavy atom. The Bertz CT molecular complexity index is 963. The molecule has 0 radical (unpaired) electrons. The number of methoxy groups -OCH3 is 1. The molecule has 9 nitrogen and oxygen atoms in total. The van der Waals surface area contributed by atoms with Gasteiger partial charge in [0, 0.05) is 6.04 Å². The van der Waals surface area contributed by atoms with E-state index in [1.807, 2.05) is 0 Å². The lowest BCUT2D eigenvalue weighted by molar-refractivity contribution is -0.125. The highest BCUT2D eigenvalue weighted by Crippen LogP contribution is 2.39. The van der Waals surface area contributed by atoms with E-state index >= 15 is 0 Å². The smallest absolute Gasteiger partial charge is 0.338 e. The first kappa shape index (κ1) is 21.1. The molecule has 0 aromatic heterocycles. The van der Waals surface area contributed by atoms with Crippen molar-refractivity contribution in [3.63, 3.8) is 0 Å².